The quantitative estimate of drug-likeness (QED) is 0.302. The molecular formula is C28H40N2O4S. The van der Waals surface area contributed by atoms with Crippen LogP contribution < -0.4 is 4.74 Å². The standard InChI is InChI=1S/C28H40N2O4S/c1-22-14-15-26-24(19-22)25(20-28(2,3)34-26)30(35(5)32)16-10-9-13-27(31)33-18-17-29(4)21-23-11-7-6-8-12-23/h6-8,11-12,14-15,19,25H,9-10,13,16-18,20-21H2,1-5H3. The van der Waals surface area contributed by atoms with E-state index < -0.39 is 11.0 Å². The topological polar surface area (TPSA) is 59.1 Å². The van der Waals surface area contributed by atoms with Gasteiger partial charge in [-0.05, 0) is 52.3 Å². The number of likely N-dealkylation sites (N-methyl/N-ethyl adjacent to an activating group) is 1. The fraction of sp³-hybridized carbons (Fsp3) is 0.536. The minimum absolute atomic E-state index is 0.0200. The molecule has 1 aliphatic heterocycles. The molecule has 35 heavy (non-hydrogen) atoms. The highest BCUT2D eigenvalue weighted by Gasteiger charge is 2.37. The summed E-state index contributed by atoms with van der Waals surface area (Å²) in [6.07, 6.45) is 4.36. The van der Waals surface area contributed by atoms with Crippen LogP contribution in [0.2, 0.25) is 0 Å². The molecule has 0 fully saturated rings. The van der Waals surface area contributed by atoms with Gasteiger partial charge in [0.05, 0.1) is 17.0 Å². The average molecular weight is 501 g/mol. The normalized spacial score (nSPS) is 17.6. The predicted molar refractivity (Wildman–Crippen MR) is 142 cm³/mol. The third kappa shape index (κ3) is 8.44. The van der Waals surface area contributed by atoms with Crippen LogP contribution in [0.4, 0.5) is 0 Å². The van der Waals surface area contributed by atoms with Crippen molar-refractivity contribution in [1.29, 1.82) is 0 Å². The molecule has 0 spiro atoms. The summed E-state index contributed by atoms with van der Waals surface area (Å²) in [6, 6.07) is 16.5. The van der Waals surface area contributed by atoms with Crippen LogP contribution in [-0.4, -0.2) is 58.0 Å². The summed E-state index contributed by atoms with van der Waals surface area (Å²) in [6.45, 7) is 8.79. The molecule has 0 aliphatic carbocycles. The third-order valence-electron chi connectivity index (χ3n) is 6.31. The number of carbonyl (C=O) groups excluding carboxylic acids is 1. The third-order valence-corrected chi connectivity index (χ3v) is 7.41. The van der Waals surface area contributed by atoms with E-state index in [-0.39, 0.29) is 17.6 Å². The number of nitrogens with zero attached hydrogens (tertiary/aromatic N) is 2. The summed E-state index contributed by atoms with van der Waals surface area (Å²) < 4.78 is 26.4. The van der Waals surface area contributed by atoms with E-state index in [1.54, 1.807) is 6.26 Å². The average Bonchev–Trinajstić information content (AvgIpc) is 2.79. The van der Waals surface area contributed by atoms with Crippen molar-refractivity contribution in [2.24, 2.45) is 0 Å². The SMILES string of the molecule is Cc1ccc2c(c1)C(N(CCCCC(=O)OCCN(C)Cc1ccccc1)S(C)=O)CC(C)(C)O2. The van der Waals surface area contributed by atoms with Crippen molar-refractivity contribution >= 4 is 17.0 Å². The van der Waals surface area contributed by atoms with Gasteiger partial charge in [-0.1, -0.05) is 48.0 Å². The van der Waals surface area contributed by atoms with Crippen LogP contribution in [0.3, 0.4) is 0 Å². The highest BCUT2D eigenvalue weighted by molar-refractivity contribution is 7.81. The number of aryl methyl sites for hydroxylation is 1. The lowest BCUT2D eigenvalue weighted by atomic mass is 9.89. The Balaban J connectivity index is 1.44. The largest absolute Gasteiger partial charge is 0.487 e. The molecule has 0 amide bonds. The van der Waals surface area contributed by atoms with Gasteiger partial charge in [-0.2, -0.15) is 0 Å². The molecule has 0 N–H and O–H groups in total. The maximum atomic E-state index is 12.7. The Morgan fingerprint density at radius 1 is 1.14 bits per heavy atom. The van der Waals surface area contributed by atoms with Gasteiger partial charge < -0.3 is 9.47 Å². The Morgan fingerprint density at radius 2 is 1.89 bits per heavy atom. The van der Waals surface area contributed by atoms with Gasteiger partial charge >= 0.3 is 5.97 Å². The first-order valence-corrected chi connectivity index (χ1v) is 13.9. The second-order valence-corrected chi connectivity index (χ2v) is 11.4. The molecule has 2 aromatic carbocycles. The molecule has 6 nitrogen and oxygen atoms in total. The summed E-state index contributed by atoms with van der Waals surface area (Å²) in [5.41, 5.74) is 3.17. The molecule has 1 aliphatic rings. The lowest BCUT2D eigenvalue weighted by molar-refractivity contribution is -0.144. The smallest absolute Gasteiger partial charge is 0.305 e. The molecular weight excluding hydrogens is 460 g/mol. The van der Waals surface area contributed by atoms with E-state index in [0.717, 1.165) is 36.3 Å². The first kappa shape index (κ1) is 27.4. The van der Waals surface area contributed by atoms with Crippen LogP contribution in [0.5, 0.6) is 5.75 Å². The van der Waals surface area contributed by atoms with Crippen molar-refractivity contribution in [2.45, 2.75) is 64.6 Å². The van der Waals surface area contributed by atoms with Crippen molar-refractivity contribution in [2.75, 3.05) is 33.0 Å². The second-order valence-electron chi connectivity index (χ2n) is 10.1. The Hall–Kier alpha value is -2.22. The number of hydrogen-bond donors (Lipinski definition) is 0. The van der Waals surface area contributed by atoms with E-state index in [2.05, 4.69) is 49.9 Å². The Labute approximate surface area is 213 Å². The molecule has 0 radical (unpaired) electrons. The Bertz CT molecular complexity index is 996. The number of unbranched alkanes of at least 4 members (excludes halogenated alkanes) is 1. The minimum atomic E-state index is -1.13. The molecule has 2 unspecified atom stereocenters. The van der Waals surface area contributed by atoms with Crippen LogP contribution in [-0.2, 0) is 27.1 Å². The number of benzene rings is 2. The molecule has 0 saturated carbocycles. The van der Waals surface area contributed by atoms with Crippen LogP contribution in [0, 0.1) is 6.92 Å². The van der Waals surface area contributed by atoms with Crippen molar-refractivity contribution in [3.8, 4) is 5.75 Å². The van der Waals surface area contributed by atoms with E-state index in [1.165, 1.54) is 5.56 Å². The van der Waals surface area contributed by atoms with Crippen LogP contribution in [0.15, 0.2) is 48.5 Å². The zero-order valence-electron chi connectivity index (χ0n) is 21.8. The van der Waals surface area contributed by atoms with E-state index in [4.69, 9.17) is 9.47 Å². The molecule has 2 aromatic rings. The van der Waals surface area contributed by atoms with Gasteiger partial charge in [-0.3, -0.25) is 9.69 Å². The maximum Gasteiger partial charge on any atom is 0.305 e. The van der Waals surface area contributed by atoms with Crippen LogP contribution >= 0.6 is 0 Å². The molecule has 2 atom stereocenters. The minimum Gasteiger partial charge on any atom is -0.487 e. The zero-order chi connectivity index (χ0) is 25.4. The highest BCUT2D eigenvalue weighted by Crippen LogP contribution is 2.43. The van der Waals surface area contributed by atoms with Gasteiger partial charge in [0.2, 0.25) is 0 Å². The maximum absolute atomic E-state index is 12.7. The number of ether oxygens (including phenoxy) is 2. The van der Waals surface area contributed by atoms with Gasteiger partial charge in [0.1, 0.15) is 18.0 Å². The summed E-state index contributed by atoms with van der Waals surface area (Å²) in [5.74, 6) is 0.698. The zero-order valence-corrected chi connectivity index (χ0v) is 22.6. The summed E-state index contributed by atoms with van der Waals surface area (Å²) in [5, 5.41) is 0. The molecule has 7 heteroatoms. The number of hydrogen-bond acceptors (Lipinski definition) is 5. The number of fused-ring (bicyclic) bond motifs is 1. The molecule has 0 bridgehead atoms. The summed E-state index contributed by atoms with van der Waals surface area (Å²) in [4.78, 5) is 14.4. The van der Waals surface area contributed by atoms with Gasteiger partial charge in [0, 0.05) is 44.3 Å². The fourth-order valence-corrected chi connectivity index (χ4v) is 5.49. The van der Waals surface area contributed by atoms with Gasteiger partial charge in [0.25, 0.3) is 0 Å². The van der Waals surface area contributed by atoms with Crippen LogP contribution in [0.25, 0.3) is 0 Å². The second kappa shape index (κ2) is 12.7. The fourth-order valence-electron chi connectivity index (χ4n) is 4.56. The number of rotatable bonds is 12. The van der Waals surface area contributed by atoms with Crippen molar-refractivity contribution < 1.29 is 18.5 Å². The summed E-state index contributed by atoms with van der Waals surface area (Å²) >= 11 is 0. The Kier molecular flexibility index (Phi) is 9.89. The molecule has 192 valence electrons. The first-order valence-electron chi connectivity index (χ1n) is 12.4. The van der Waals surface area contributed by atoms with Crippen LogP contribution in [0.1, 0.15) is 62.3 Å². The lowest BCUT2D eigenvalue weighted by Gasteiger charge is -2.41. The molecule has 0 saturated heterocycles. The predicted octanol–water partition coefficient (Wildman–Crippen LogP) is 5.04. The Morgan fingerprint density at radius 3 is 2.60 bits per heavy atom. The summed E-state index contributed by atoms with van der Waals surface area (Å²) in [7, 11) is 0.892. The van der Waals surface area contributed by atoms with Crippen molar-refractivity contribution in [3.05, 3.63) is 65.2 Å². The van der Waals surface area contributed by atoms with Gasteiger partial charge in [-0.15, -0.1) is 0 Å². The number of carbonyl (C=O) groups is 1. The first-order chi connectivity index (χ1) is 16.6. The monoisotopic (exact) mass is 500 g/mol. The van der Waals surface area contributed by atoms with E-state index in [1.807, 2.05) is 35.6 Å². The lowest BCUT2D eigenvalue weighted by Crippen LogP contribution is -2.42. The molecule has 1 heterocycles. The van der Waals surface area contributed by atoms with Crippen molar-refractivity contribution in [3.63, 3.8) is 0 Å². The number of esters is 1. The van der Waals surface area contributed by atoms with E-state index in [9.17, 15) is 9.00 Å². The van der Waals surface area contributed by atoms with Gasteiger partial charge in [0.15, 0.2) is 0 Å². The molecule has 3 rings (SSSR count). The molecule has 0 aromatic heterocycles. The van der Waals surface area contributed by atoms with E-state index >= 15 is 0 Å². The highest BCUT2D eigenvalue weighted by atomic mass is 32.2. The van der Waals surface area contributed by atoms with E-state index in [0.29, 0.717) is 32.5 Å². The van der Waals surface area contributed by atoms with Crippen molar-refractivity contribution in [1.82, 2.24) is 9.21 Å². The van der Waals surface area contributed by atoms with Gasteiger partial charge in [-0.25, -0.2) is 8.51 Å².